The van der Waals surface area contributed by atoms with Crippen LogP contribution in [0.2, 0.25) is 0 Å². The molecule has 1 aromatic rings. The monoisotopic (exact) mass is 279 g/mol. The van der Waals surface area contributed by atoms with E-state index in [-0.39, 0.29) is 17.3 Å². The lowest BCUT2D eigenvalue weighted by molar-refractivity contribution is 0.102. The minimum absolute atomic E-state index is 0.146. The molecule has 0 aliphatic carbocycles. The standard InChI is InChI=1S/C16H22FNO2/c1-2-18-10-16(5-6-19-11-16)9-14-8-12-7-13(17)3-4-15(12)20-14/h3-4,7,14,18H,2,5-6,8-11H2,1H3. The van der Waals surface area contributed by atoms with E-state index < -0.39 is 0 Å². The highest BCUT2D eigenvalue weighted by atomic mass is 19.1. The van der Waals surface area contributed by atoms with Crippen molar-refractivity contribution in [3.05, 3.63) is 29.6 Å². The van der Waals surface area contributed by atoms with Gasteiger partial charge in [-0.05, 0) is 37.6 Å². The van der Waals surface area contributed by atoms with Gasteiger partial charge in [-0.3, -0.25) is 0 Å². The van der Waals surface area contributed by atoms with E-state index in [0.717, 1.165) is 56.9 Å². The molecule has 0 aromatic heterocycles. The van der Waals surface area contributed by atoms with Gasteiger partial charge in [0.1, 0.15) is 17.7 Å². The van der Waals surface area contributed by atoms with E-state index in [2.05, 4.69) is 12.2 Å². The van der Waals surface area contributed by atoms with Crippen molar-refractivity contribution in [3.8, 4) is 5.75 Å². The molecule has 20 heavy (non-hydrogen) atoms. The van der Waals surface area contributed by atoms with Crippen LogP contribution < -0.4 is 10.1 Å². The molecule has 1 N–H and O–H groups in total. The van der Waals surface area contributed by atoms with Crippen LogP contribution in [-0.4, -0.2) is 32.4 Å². The second-order valence-corrected chi connectivity index (χ2v) is 5.98. The van der Waals surface area contributed by atoms with E-state index in [1.807, 2.05) is 0 Å². The Balaban J connectivity index is 1.66. The number of benzene rings is 1. The van der Waals surface area contributed by atoms with E-state index in [1.165, 1.54) is 6.07 Å². The number of halogens is 1. The molecule has 0 spiro atoms. The van der Waals surface area contributed by atoms with Crippen LogP contribution >= 0.6 is 0 Å². The summed E-state index contributed by atoms with van der Waals surface area (Å²) in [5.41, 5.74) is 1.16. The molecule has 4 heteroatoms. The molecule has 2 unspecified atom stereocenters. The first kappa shape index (κ1) is 13.8. The van der Waals surface area contributed by atoms with Crippen LogP contribution in [0.25, 0.3) is 0 Å². The summed E-state index contributed by atoms with van der Waals surface area (Å²) in [5.74, 6) is 0.661. The van der Waals surface area contributed by atoms with Crippen molar-refractivity contribution in [1.82, 2.24) is 5.32 Å². The molecule has 0 amide bonds. The molecule has 2 aliphatic rings. The Labute approximate surface area is 119 Å². The summed E-state index contributed by atoms with van der Waals surface area (Å²) in [4.78, 5) is 0. The van der Waals surface area contributed by atoms with Crippen LogP contribution in [0.5, 0.6) is 5.75 Å². The fraction of sp³-hybridized carbons (Fsp3) is 0.625. The van der Waals surface area contributed by atoms with Gasteiger partial charge in [0, 0.05) is 30.6 Å². The summed E-state index contributed by atoms with van der Waals surface area (Å²) in [6, 6.07) is 4.80. The van der Waals surface area contributed by atoms with E-state index in [4.69, 9.17) is 9.47 Å². The molecule has 3 rings (SSSR count). The third-order valence-electron chi connectivity index (χ3n) is 4.36. The van der Waals surface area contributed by atoms with Crippen LogP contribution in [0.1, 0.15) is 25.3 Å². The van der Waals surface area contributed by atoms with Gasteiger partial charge >= 0.3 is 0 Å². The molecule has 1 fully saturated rings. The highest BCUT2D eigenvalue weighted by Crippen LogP contribution is 2.38. The Morgan fingerprint density at radius 2 is 2.35 bits per heavy atom. The molecule has 3 nitrogen and oxygen atoms in total. The molecule has 2 aliphatic heterocycles. The zero-order valence-electron chi connectivity index (χ0n) is 12.0. The molecule has 110 valence electrons. The van der Waals surface area contributed by atoms with E-state index in [9.17, 15) is 4.39 Å². The predicted octanol–water partition coefficient (Wildman–Crippen LogP) is 2.54. The first-order valence-electron chi connectivity index (χ1n) is 7.44. The highest BCUT2D eigenvalue weighted by Gasteiger charge is 2.39. The zero-order valence-corrected chi connectivity index (χ0v) is 12.0. The fourth-order valence-corrected chi connectivity index (χ4v) is 3.30. The Morgan fingerprint density at radius 3 is 3.10 bits per heavy atom. The number of hydrogen-bond acceptors (Lipinski definition) is 3. The maximum absolute atomic E-state index is 13.3. The molecular weight excluding hydrogens is 257 g/mol. The molecule has 0 saturated carbocycles. The Bertz CT molecular complexity index is 472. The molecule has 2 atom stereocenters. The van der Waals surface area contributed by atoms with Gasteiger partial charge in [-0.25, -0.2) is 4.39 Å². The fourth-order valence-electron chi connectivity index (χ4n) is 3.30. The molecule has 1 aromatic carbocycles. The van der Waals surface area contributed by atoms with Gasteiger partial charge in [0.05, 0.1) is 6.61 Å². The van der Waals surface area contributed by atoms with Crippen molar-refractivity contribution < 1.29 is 13.9 Å². The SMILES string of the molecule is CCNCC1(CC2Cc3cc(F)ccc3O2)CCOC1. The van der Waals surface area contributed by atoms with Crippen LogP contribution in [0.15, 0.2) is 18.2 Å². The third kappa shape index (κ3) is 2.81. The van der Waals surface area contributed by atoms with Gasteiger partial charge in [-0.15, -0.1) is 0 Å². The minimum atomic E-state index is -0.181. The second kappa shape index (κ2) is 5.70. The molecule has 0 bridgehead atoms. The normalized spacial score (nSPS) is 28.4. The number of rotatable bonds is 5. The maximum Gasteiger partial charge on any atom is 0.123 e. The van der Waals surface area contributed by atoms with Crippen molar-refractivity contribution in [2.45, 2.75) is 32.3 Å². The lowest BCUT2D eigenvalue weighted by Gasteiger charge is -2.30. The largest absolute Gasteiger partial charge is 0.490 e. The van der Waals surface area contributed by atoms with Crippen LogP contribution in [0, 0.1) is 11.2 Å². The smallest absolute Gasteiger partial charge is 0.123 e. The first-order valence-corrected chi connectivity index (χ1v) is 7.44. The number of hydrogen-bond donors (Lipinski definition) is 1. The van der Waals surface area contributed by atoms with Gasteiger partial charge in [0.25, 0.3) is 0 Å². The third-order valence-corrected chi connectivity index (χ3v) is 4.36. The topological polar surface area (TPSA) is 30.5 Å². The van der Waals surface area contributed by atoms with Crippen LogP contribution in [-0.2, 0) is 11.2 Å². The quantitative estimate of drug-likeness (QED) is 0.898. The van der Waals surface area contributed by atoms with Crippen molar-refractivity contribution >= 4 is 0 Å². The maximum atomic E-state index is 13.3. The molecule has 0 radical (unpaired) electrons. The van der Waals surface area contributed by atoms with Crippen molar-refractivity contribution in [2.24, 2.45) is 5.41 Å². The molecule has 1 saturated heterocycles. The average molecular weight is 279 g/mol. The van der Waals surface area contributed by atoms with Crippen molar-refractivity contribution in [1.29, 1.82) is 0 Å². The van der Waals surface area contributed by atoms with Crippen LogP contribution in [0.4, 0.5) is 4.39 Å². The van der Waals surface area contributed by atoms with E-state index in [0.29, 0.717) is 0 Å². The van der Waals surface area contributed by atoms with Crippen molar-refractivity contribution in [2.75, 3.05) is 26.3 Å². The number of nitrogens with one attached hydrogen (secondary N) is 1. The highest BCUT2D eigenvalue weighted by molar-refractivity contribution is 5.37. The Kier molecular flexibility index (Phi) is 3.94. The summed E-state index contributed by atoms with van der Waals surface area (Å²) in [6.07, 6.45) is 2.99. The van der Waals surface area contributed by atoms with Gasteiger partial charge in [0.2, 0.25) is 0 Å². The summed E-state index contributed by atoms with van der Waals surface area (Å²) in [5, 5.41) is 3.44. The second-order valence-electron chi connectivity index (χ2n) is 5.98. The van der Waals surface area contributed by atoms with Gasteiger partial charge < -0.3 is 14.8 Å². The first-order chi connectivity index (χ1) is 9.71. The Morgan fingerprint density at radius 1 is 1.45 bits per heavy atom. The summed E-state index contributed by atoms with van der Waals surface area (Å²) in [6.45, 7) is 5.69. The van der Waals surface area contributed by atoms with E-state index >= 15 is 0 Å². The predicted molar refractivity (Wildman–Crippen MR) is 75.5 cm³/mol. The summed E-state index contributed by atoms with van der Waals surface area (Å²) < 4.78 is 24.8. The lowest BCUT2D eigenvalue weighted by atomic mass is 9.80. The zero-order chi connectivity index (χ0) is 14.0. The van der Waals surface area contributed by atoms with Gasteiger partial charge in [0.15, 0.2) is 0 Å². The molecular formula is C16H22FNO2. The van der Waals surface area contributed by atoms with Gasteiger partial charge in [-0.2, -0.15) is 0 Å². The Hall–Kier alpha value is -1.13. The van der Waals surface area contributed by atoms with Crippen molar-refractivity contribution in [3.63, 3.8) is 0 Å². The van der Waals surface area contributed by atoms with E-state index in [1.54, 1.807) is 12.1 Å². The lowest BCUT2D eigenvalue weighted by Crippen LogP contribution is -2.38. The molecule has 2 heterocycles. The number of fused-ring (bicyclic) bond motifs is 1. The minimum Gasteiger partial charge on any atom is -0.490 e. The van der Waals surface area contributed by atoms with Crippen LogP contribution in [0.3, 0.4) is 0 Å². The number of ether oxygens (including phenoxy) is 2. The average Bonchev–Trinajstić information content (AvgIpc) is 3.03. The van der Waals surface area contributed by atoms with Gasteiger partial charge in [-0.1, -0.05) is 6.92 Å². The summed E-state index contributed by atoms with van der Waals surface area (Å²) >= 11 is 0. The summed E-state index contributed by atoms with van der Waals surface area (Å²) in [7, 11) is 0.